The van der Waals surface area contributed by atoms with Crippen LogP contribution in [0, 0.1) is 5.92 Å². The smallest absolute Gasteiger partial charge is 0.253 e. The largest absolute Gasteiger partial charge is 0.348 e. The van der Waals surface area contributed by atoms with E-state index in [0.717, 1.165) is 37.9 Å². The van der Waals surface area contributed by atoms with Crippen LogP contribution in [0.4, 0.5) is 5.69 Å². The summed E-state index contributed by atoms with van der Waals surface area (Å²) in [4.78, 5) is 24.9. The van der Waals surface area contributed by atoms with Crippen molar-refractivity contribution in [1.29, 1.82) is 0 Å². The summed E-state index contributed by atoms with van der Waals surface area (Å²) >= 11 is 0. The van der Waals surface area contributed by atoms with Crippen LogP contribution in [0.15, 0.2) is 54.6 Å². The number of hydrogen-bond acceptors (Lipinski definition) is 3. The monoisotopic (exact) mass is 401 g/mol. The molecule has 0 atom stereocenters. The number of carbonyl (C=O) groups excluding carboxylic acids is 2. The normalized spacial score (nSPS) is 14.0. The molecule has 28 heavy (non-hydrogen) atoms. The standard InChI is InChI=1S/C22H27N3O2.ClH/c26-21(11-10-17-12-14-23-15-13-17)25-20-9-5-4-8-19(20)22(27)24-16-18-6-2-1-3-7-18;/h1-9,17,23H,10-16H2,(H,24,27)(H,25,26);1H. The summed E-state index contributed by atoms with van der Waals surface area (Å²) in [6.07, 6.45) is 3.65. The van der Waals surface area contributed by atoms with Gasteiger partial charge in [0.05, 0.1) is 11.3 Å². The summed E-state index contributed by atoms with van der Waals surface area (Å²) in [7, 11) is 0. The van der Waals surface area contributed by atoms with Crippen molar-refractivity contribution in [2.24, 2.45) is 5.92 Å². The van der Waals surface area contributed by atoms with Gasteiger partial charge in [0.1, 0.15) is 0 Å². The van der Waals surface area contributed by atoms with E-state index < -0.39 is 0 Å². The Morgan fingerprint density at radius 3 is 2.39 bits per heavy atom. The molecule has 1 aliphatic heterocycles. The molecule has 1 aliphatic rings. The van der Waals surface area contributed by atoms with Crippen molar-refractivity contribution in [2.45, 2.75) is 32.2 Å². The Kier molecular flexibility index (Phi) is 8.98. The molecule has 0 spiro atoms. The number of carbonyl (C=O) groups is 2. The predicted octanol–water partition coefficient (Wildman–Crippen LogP) is 3.76. The zero-order valence-electron chi connectivity index (χ0n) is 15.9. The number of anilines is 1. The van der Waals surface area contributed by atoms with Crippen LogP contribution in [0.3, 0.4) is 0 Å². The number of nitrogens with one attached hydrogen (secondary N) is 3. The first-order valence-electron chi connectivity index (χ1n) is 9.64. The third-order valence-electron chi connectivity index (χ3n) is 4.98. The molecule has 0 unspecified atom stereocenters. The van der Waals surface area contributed by atoms with Crippen molar-refractivity contribution in [3.8, 4) is 0 Å². The van der Waals surface area contributed by atoms with E-state index in [-0.39, 0.29) is 24.2 Å². The fourth-order valence-electron chi connectivity index (χ4n) is 3.38. The first kappa shape index (κ1) is 21.9. The summed E-state index contributed by atoms with van der Waals surface area (Å²) in [6, 6.07) is 16.9. The maximum atomic E-state index is 12.6. The lowest BCUT2D eigenvalue weighted by Crippen LogP contribution is -2.28. The summed E-state index contributed by atoms with van der Waals surface area (Å²) < 4.78 is 0. The van der Waals surface area contributed by atoms with Crippen LogP contribution >= 0.6 is 12.4 Å². The lowest BCUT2D eigenvalue weighted by Gasteiger charge is -2.22. The van der Waals surface area contributed by atoms with Gasteiger partial charge >= 0.3 is 0 Å². The van der Waals surface area contributed by atoms with Gasteiger partial charge in [0.2, 0.25) is 5.91 Å². The van der Waals surface area contributed by atoms with Crippen LogP contribution in [0.25, 0.3) is 0 Å². The van der Waals surface area contributed by atoms with Gasteiger partial charge in [-0.2, -0.15) is 0 Å². The Labute approximate surface area is 172 Å². The summed E-state index contributed by atoms with van der Waals surface area (Å²) in [6.45, 7) is 2.53. The quantitative estimate of drug-likeness (QED) is 0.661. The average Bonchev–Trinajstić information content (AvgIpc) is 2.72. The highest BCUT2D eigenvalue weighted by atomic mass is 35.5. The number of hydrogen-bond donors (Lipinski definition) is 3. The Hall–Kier alpha value is -2.37. The Morgan fingerprint density at radius 1 is 0.964 bits per heavy atom. The van der Waals surface area contributed by atoms with Crippen LogP contribution in [0.1, 0.15) is 41.6 Å². The van der Waals surface area contributed by atoms with Gasteiger partial charge in [0, 0.05) is 13.0 Å². The molecule has 2 amide bonds. The molecular formula is C22H28ClN3O2. The SMILES string of the molecule is Cl.O=C(CCC1CCNCC1)Nc1ccccc1C(=O)NCc1ccccc1. The van der Waals surface area contributed by atoms with Crippen molar-refractivity contribution in [1.82, 2.24) is 10.6 Å². The molecule has 0 bridgehead atoms. The van der Waals surface area contributed by atoms with Gasteiger partial charge in [-0.05, 0) is 56.0 Å². The van der Waals surface area contributed by atoms with E-state index in [1.165, 1.54) is 0 Å². The average molecular weight is 402 g/mol. The van der Waals surface area contributed by atoms with Gasteiger partial charge in [-0.3, -0.25) is 9.59 Å². The van der Waals surface area contributed by atoms with E-state index in [9.17, 15) is 9.59 Å². The number of halogens is 1. The first-order chi connectivity index (χ1) is 13.2. The molecule has 150 valence electrons. The van der Waals surface area contributed by atoms with Gasteiger partial charge in [-0.1, -0.05) is 42.5 Å². The van der Waals surface area contributed by atoms with E-state index in [1.807, 2.05) is 42.5 Å². The fourth-order valence-corrected chi connectivity index (χ4v) is 3.38. The maximum Gasteiger partial charge on any atom is 0.253 e. The molecule has 0 saturated carbocycles. The van der Waals surface area contributed by atoms with E-state index in [4.69, 9.17) is 0 Å². The third-order valence-corrected chi connectivity index (χ3v) is 4.98. The molecular weight excluding hydrogens is 374 g/mol. The number of amides is 2. The highest BCUT2D eigenvalue weighted by molar-refractivity contribution is 6.03. The minimum atomic E-state index is -0.187. The molecule has 3 N–H and O–H groups in total. The lowest BCUT2D eigenvalue weighted by molar-refractivity contribution is -0.116. The van der Waals surface area contributed by atoms with Gasteiger partial charge in [-0.15, -0.1) is 12.4 Å². The Morgan fingerprint density at radius 2 is 1.64 bits per heavy atom. The second-order valence-electron chi connectivity index (χ2n) is 6.99. The predicted molar refractivity (Wildman–Crippen MR) is 115 cm³/mol. The summed E-state index contributed by atoms with van der Waals surface area (Å²) in [5.74, 6) is 0.395. The minimum Gasteiger partial charge on any atom is -0.348 e. The van der Waals surface area contributed by atoms with Crippen molar-refractivity contribution in [2.75, 3.05) is 18.4 Å². The van der Waals surface area contributed by atoms with E-state index in [0.29, 0.717) is 30.1 Å². The molecule has 0 aliphatic carbocycles. The number of rotatable bonds is 7. The van der Waals surface area contributed by atoms with Crippen LogP contribution < -0.4 is 16.0 Å². The fraction of sp³-hybridized carbons (Fsp3) is 0.364. The van der Waals surface area contributed by atoms with Crippen LogP contribution in [0.2, 0.25) is 0 Å². The topological polar surface area (TPSA) is 70.2 Å². The van der Waals surface area contributed by atoms with Crippen molar-refractivity contribution in [3.05, 3.63) is 65.7 Å². The Balaban J connectivity index is 0.00000280. The molecule has 1 heterocycles. The first-order valence-corrected chi connectivity index (χ1v) is 9.64. The van der Waals surface area contributed by atoms with Crippen LogP contribution in [-0.4, -0.2) is 24.9 Å². The summed E-state index contributed by atoms with van der Waals surface area (Å²) in [5, 5.41) is 9.17. The van der Waals surface area contributed by atoms with Gasteiger partial charge in [0.15, 0.2) is 0 Å². The second-order valence-corrected chi connectivity index (χ2v) is 6.99. The number of piperidine rings is 1. The molecule has 2 aromatic carbocycles. The zero-order chi connectivity index (χ0) is 18.9. The molecule has 0 aromatic heterocycles. The second kappa shape index (κ2) is 11.5. The van der Waals surface area contributed by atoms with Crippen molar-refractivity contribution < 1.29 is 9.59 Å². The third kappa shape index (κ3) is 6.66. The van der Waals surface area contributed by atoms with Crippen molar-refractivity contribution >= 4 is 29.9 Å². The highest BCUT2D eigenvalue weighted by Crippen LogP contribution is 2.20. The summed E-state index contributed by atoms with van der Waals surface area (Å²) in [5.41, 5.74) is 2.09. The van der Waals surface area contributed by atoms with Gasteiger partial charge in [0.25, 0.3) is 5.91 Å². The van der Waals surface area contributed by atoms with Crippen molar-refractivity contribution in [3.63, 3.8) is 0 Å². The molecule has 1 fully saturated rings. The van der Waals surface area contributed by atoms with Crippen LogP contribution in [0.5, 0.6) is 0 Å². The van der Waals surface area contributed by atoms with E-state index >= 15 is 0 Å². The number of para-hydroxylation sites is 1. The maximum absolute atomic E-state index is 12.6. The molecule has 5 nitrogen and oxygen atoms in total. The van der Waals surface area contributed by atoms with E-state index in [1.54, 1.807) is 12.1 Å². The molecule has 0 radical (unpaired) electrons. The minimum absolute atomic E-state index is 0. The van der Waals surface area contributed by atoms with Gasteiger partial charge < -0.3 is 16.0 Å². The van der Waals surface area contributed by atoms with Gasteiger partial charge in [-0.25, -0.2) is 0 Å². The van der Waals surface area contributed by atoms with Crippen LogP contribution in [-0.2, 0) is 11.3 Å². The lowest BCUT2D eigenvalue weighted by atomic mass is 9.93. The molecule has 2 aromatic rings. The molecule has 6 heteroatoms. The molecule has 3 rings (SSSR count). The molecule has 1 saturated heterocycles. The highest BCUT2D eigenvalue weighted by Gasteiger charge is 2.16. The van der Waals surface area contributed by atoms with E-state index in [2.05, 4.69) is 16.0 Å². The number of benzene rings is 2. The Bertz CT molecular complexity index is 761. The zero-order valence-corrected chi connectivity index (χ0v) is 16.8.